The maximum Gasteiger partial charge on any atom is 0.387 e. The summed E-state index contributed by atoms with van der Waals surface area (Å²) in [7, 11) is 1.64. The van der Waals surface area contributed by atoms with Gasteiger partial charge in [0.25, 0.3) is 5.91 Å². The van der Waals surface area contributed by atoms with Gasteiger partial charge >= 0.3 is 12.6 Å². The maximum atomic E-state index is 13.1. The van der Waals surface area contributed by atoms with Gasteiger partial charge in [0, 0.05) is 7.05 Å². The maximum absolute atomic E-state index is 13.1. The number of nitrogens with one attached hydrogen (secondary N) is 1. The Morgan fingerprint density at radius 2 is 1.97 bits per heavy atom. The quantitative estimate of drug-likeness (QED) is 0.720. The van der Waals surface area contributed by atoms with Crippen molar-refractivity contribution in [2.45, 2.75) is 69.6 Å². The molecule has 1 unspecified atom stereocenters. The first kappa shape index (κ1) is 21.5. The molecule has 3 aliphatic rings. The van der Waals surface area contributed by atoms with Crippen molar-refractivity contribution in [1.29, 1.82) is 0 Å². The highest BCUT2D eigenvalue weighted by atomic mass is 19.3. The van der Waals surface area contributed by atoms with Crippen LogP contribution >= 0.6 is 0 Å². The smallest absolute Gasteiger partial charge is 0.387 e. The van der Waals surface area contributed by atoms with E-state index in [2.05, 4.69) is 10.1 Å². The molecule has 9 heteroatoms. The Labute approximate surface area is 179 Å². The number of likely N-dealkylation sites (N-methyl/N-ethyl adjacent to an activating group) is 1. The third-order valence-electron chi connectivity index (χ3n) is 6.77. The highest BCUT2D eigenvalue weighted by Gasteiger charge is 2.55. The van der Waals surface area contributed by atoms with Crippen molar-refractivity contribution in [3.63, 3.8) is 0 Å². The highest BCUT2D eigenvalue weighted by molar-refractivity contribution is 6.09. The molecular weight excluding hydrogens is 408 g/mol. The van der Waals surface area contributed by atoms with Crippen LogP contribution < -0.4 is 10.1 Å². The molecule has 0 bridgehead atoms. The van der Waals surface area contributed by atoms with Crippen molar-refractivity contribution in [2.75, 3.05) is 13.6 Å². The number of rotatable bonds is 5. The molecule has 0 aromatic heterocycles. The standard InChI is InChI=1S/C22H27F2N3O4/c1-26-21(30)27(19(29)22(26)10-3-2-4-11-22)13-18(28)25-17-7-5-6-14-12-15(31-20(23)24)8-9-16(14)17/h8-9,12,17,20H,2-7,10-11,13H2,1H3,(H,25,28). The van der Waals surface area contributed by atoms with Crippen LogP contribution in [0.5, 0.6) is 5.75 Å². The number of hydrogen-bond acceptors (Lipinski definition) is 4. The summed E-state index contributed by atoms with van der Waals surface area (Å²) >= 11 is 0. The van der Waals surface area contributed by atoms with Crippen LogP contribution in [0.2, 0.25) is 0 Å². The van der Waals surface area contributed by atoms with Crippen molar-refractivity contribution in [3.8, 4) is 5.75 Å². The summed E-state index contributed by atoms with van der Waals surface area (Å²) in [4.78, 5) is 41.1. The Morgan fingerprint density at radius 3 is 2.68 bits per heavy atom. The minimum Gasteiger partial charge on any atom is -0.435 e. The van der Waals surface area contributed by atoms with Crippen molar-refractivity contribution in [1.82, 2.24) is 15.1 Å². The Morgan fingerprint density at radius 1 is 1.23 bits per heavy atom. The Kier molecular flexibility index (Phi) is 5.85. The van der Waals surface area contributed by atoms with Crippen LogP contribution in [0.1, 0.15) is 62.1 Å². The van der Waals surface area contributed by atoms with E-state index in [1.54, 1.807) is 19.2 Å². The Balaban J connectivity index is 1.44. The fourth-order valence-electron chi connectivity index (χ4n) is 5.17. The SMILES string of the molecule is CN1C(=O)N(CC(=O)NC2CCCc3cc(OC(F)F)ccc32)C(=O)C12CCCCC2. The normalized spacial score (nSPS) is 22.8. The molecule has 4 rings (SSSR count). The number of aryl methyl sites for hydroxylation is 1. The van der Waals surface area contributed by atoms with E-state index in [9.17, 15) is 23.2 Å². The number of nitrogens with zero attached hydrogens (tertiary/aromatic N) is 2. The van der Waals surface area contributed by atoms with Gasteiger partial charge in [-0.15, -0.1) is 0 Å². The number of imide groups is 1. The molecule has 1 N–H and O–H groups in total. The fraction of sp³-hybridized carbons (Fsp3) is 0.591. The molecule has 2 aliphatic carbocycles. The number of fused-ring (bicyclic) bond motifs is 1. The van der Waals surface area contributed by atoms with Gasteiger partial charge in [0.1, 0.15) is 17.8 Å². The Bertz CT molecular complexity index is 886. The number of ether oxygens (including phenoxy) is 1. The minimum atomic E-state index is -2.89. The average molecular weight is 435 g/mol. The minimum absolute atomic E-state index is 0.0924. The van der Waals surface area contributed by atoms with Crippen LogP contribution in [-0.4, -0.2) is 53.4 Å². The van der Waals surface area contributed by atoms with Gasteiger partial charge in [0.15, 0.2) is 0 Å². The van der Waals surface area contributed by atoms with Crippen LogP contribution in [0, 0.1) is 0 Å². The zero-order valence-electron chi connectivity index (χ0n) is 17.5. The molecular formula is C22H27F2N3O4. The van der Waals surface area contributed by atoms with Crippen LogP contribution in [0.25, 0.3) is 0 Å². The van der Waals surface area contributed by atoms with Gasteiger partial charge in [-0.1, -0.05) is 25.3 Å². The third kappa shape index (κ3) is 3.97. The Hall–Kier alpha value is -2.71. The zero-order chi connectivity index (χ0) is 22.2. The topological polar surface area (TPSA) is 79.0 Å². The summed E-state index contributed by atoms with van der Waals surface area (Å²) < 4.78 is 29.4. The summed E-state index contributed by atoms with van der Waals surface area (Å²) in [6.45, 7) is -3.21. The zero-order valence-corrected chi connectivity index (χ0v) is 17.5. The van der Waals surface area contributed by atoms with Gasteiger partial charge < -0.3 is 15.0 Å². The summed E-state index contributed by atoms with van der Waals surface area (Å²) in [5.41, 5.74) is 0.888. The summed E-state index contributed by atoms with van der Waals surface area (Å²) in [6.07, 6.45) is 6.26. The second-order valence-electron chi connectivity index (χ2n) is 8.58. The predicted molar refractivity (Wildman–Crippen MR) is 108 cm³/mol. The van der Waals surface area contributed by atoms with Crippen LogP contribution in [0.4, 0.5) is 13.6 Å². The number of halogens is 2. The second kappa shape index (κ2) is 8.43. The summed E-state index contributed by atoms with van der Waals surface area (Å²) in [5.74, 6) is -0.601. The molecule has 1 saturated heterocycles. The van der Waals surface area contributed by atoms with Gasteiger partial charge in [-0.2, -0.15) is 8.78 Å². The number of alkyl halides is 2. The van der Waals surface area contributed by atoms with E-state index in [1.807, 2.05) is 0 Å². The van der Waals surface area contributed by atoms with Crippen LogP contribution in [-0.2, 0) is 16.0 Å². The van der Waals surface area contributed by atoms with Gasteiger partial charge in [0.05, 0.1) is 6.04 Å². The van der Waals surface area contributed by atoms with E-state index >= 15 is 0 Å². The van der Waals surface area contributed by atoms with Crippen LogP contribution in [0.3, 0.4) is 0 Å². The lowest BCUT2D eigenvalue weighted by Gasteiger charge is -2.35. The van der Waals surface area contributed by atoms with Gasteiger partial charge in [-0.05, 0) is 55.4 Å². The molecule has 1 aromatic carbocycles. The molecule has 4 amide bonds. The van der Waals surface area contributed by atoms with E-state index in [-0.39, 0.29) is 24.2 Å². The lowest BCUT2D eigenvalue weighted by Crippen LogP contribution is -2.49. The first-order valence-electron chi connectivity index (χ1n) is 10.8. The van der Waals surface area contributed by atoms with Gasteiger partial charge in [-0.3, -0.25) is 14.5 Å². The molecule has 168 valence electrons. The molecule has 1 spiro atoms. The lowest BCUT2D eigenvalue weighted by molar-refractivity contribution is -0.137. The largest absolute Gasteiger partial charge is 0.435 e. The second-order valence-corrected chi connectivity index (χ2v) is 8.58. The number of benzene rings is 1. The van der Waals surface area contributed by atoms with Gasteiger partial charge in [0.2, 0.25) is 5.91 Å². The summed E-state index contributed by atoms with van der Waals surface area (Å²) in [6, 6.07) is 4.00. The van der Waals surface area contributed by atoms with E-state index in [1.165, 1.54) is 11.0 Å². The summed E-state index contributed by atoms with van der Waals surface area (Å²) in [5, 5.41) is 2.92. The lowest BCUT2D eigenvalue weighted by atomic mass is 9.81. The van der Waals surface area contributed by atoms with Crippen molar-refractivity contribution in [3.05, 3.63) is 29.3 Å². The number of carbonyl (C=O) groups is 3. The van der Waals surface area contributed by atoms with Crippen molar-refractivity contribution in [2.24, 2.45) is 0 Å². The highest BCUT2D eigenvalue weighted by Crippen LogP contribution is 2.39. The molecule has 1 saturated carbocycles. The number of hydrogen-bond donors (Lipinski definition) is 1. The molecule has 2 fully saturated rings. The van der Waals surface area contributed by atoms with E-state index in [0.29, 0.717) is 25.7 Å². The number of carbonyl (C=O) groups excluding carboxylic acids is 3. The van der Waals surface area contributed by atoms with Crippen molar-refractivity contribution < 1.29 is 27.9 Å². The number of urea groups is 1. The average Bonchev–Trinajstić information content (AvgIpc) is 2.90. The predicted octanol–water partition coefficient (Wildman–Crippen LogP) is 3.38. The molecule has 0 radical (unpaired) electrons. The van der Waals surface area contributed by atoms with Crippen molar-refractivity contribution >= 4 is 17.8 Å². The van der Waals surface area contributed by atoms with E-state index < -0.39 is 24.1 Å². The monoisotopic (exact) mass is 435 g/mol. The molecule has 1 atom stereocenters. The van der Waals surface area contributed by atoms with E-state index in [4.69, 9.17) is 0 Å². The molecule has 1 aliphatic heterocycles. The molecule has 31 heavy (non-hydrogen) atoms. The van der Waals surface area contributed by atoms with Gasteiger partial charge in [-0.25, -0.2) is 4.79 Å². The molecule has 1 heterocycles. The number of amides is 4. The first-order chi connectivity index (χ1) is 14.8. The first-order valence-corrected chi connectivity index (χ1v) is 10.8. The molecule has 7 nitrogen and oxygen atoms in total. The van der Waals surface area contributed by atoms with Crippen LogP contribution in [0.15, 0.2) is 18.2 Å². The molecule has 1 aromatic rings. The third-order valence-corrected chi connectivity index (χ3v) is 6.77. The van der Waals surface area contributed by atoms with E-state index in [0.717, 1.165) is 41.7 Å². The fourth-order valence-corrected chi connectivity index (χ4v) is 5.17.